The minimum atomic E-state index is 0.634. The molecule has 0 saturated heterocycles. The number of benzene rings is 1. The van der Waals surface area contributed by atoms with Gasteiger partial charge in [0.15, 0.2) is 0 Å². The number of nitrogens with zero attached hydrogens (tertiary/aromatic N) is 1. The zero-order valence-electron chi connectivity index (χ0n) is 12.9. The van der Waals surface area contributed by atoms with E-state index in [0.717, 1.165) is 29.9 Å². The monoisotopic (exact) mass is 270 g/mol. The Morgan fingerprint density at radius 3 is 2.55 bits per heavy atom. The minimum Gasteiger partial charge on any atom is -0.310 e. The van der Waals surface area contributed by atoms with Gasteiger partial charge in [0, 0.05) is 12.6 Å². The second-order valence-corrected chi connectivity index (χ2v) is 6.62. The average Bonchev–Trinajstić information content (AvgIpc) is 2.45. The summed E-state index contributed by atoms with van der Waals surface area (Å²) in [5, 5.41) is 12.6. The van der Waals surface area contributed by atoms with Crippen molar-refractivity contribution in [2.24, 2.45) is 17.8 Å². The van der Waals surface area contributed by atoms with Crippen molar-refractivity contribution in [1.29, 1.82) is 5.26 Å². The van der Waals surface area contributed by atoms with Gasteiger partial charge >= 0.3 is 0 Å². The topological polar surface area (TPSA) is 35.8 Å². The molecule has 2 nitrogen and oxygen atoms in total. The van der Waals surface area contributed by atoms with Crippen LogP contribution in [0.15, 0.2) is 24.3 Å². The van der Waals surface area contributed by atoms with Crippen LogP contribution < -0.4 is 5.32 Å². The first-order valence-electron chi connectivity index (χ1n) is 7.82. The van der Waals surface area contributed by atoms with E-state index in [0.29, 0.717) is 6.04 Å². The van der Waals surface area contributed by atoms with Gasteiger partial charge in [0.2, 0.25) is 0 Å². The second-order valence-electron chi connectivity index (χ2n) is 6.62. The fraction of sp³-hybridized carbons (Fsp3) is 0.611. The minimum absolute atomic E-state index is 0.634. The van der Waals surface area contributed by atoms with Crippen molar-refractivity contribution >= 4 is 0 Å². The molecule has 0 aromatic heterocycles. The average molecular weight is 270 g/mol. The molecule has 3 unspecified atom stereocenters. The van der Waals surface area contributed by atoms with Crippen LogP contribution >= 0.6 is 0 Å². The van der Waals surface area contributed by atoms with Gasteiger partial charge in [-0.25, -0.2) is 0 Å². The molecule has 20 heavy (non-hydrogen) atoms. The van der Waals surface area contributed by atoms with Gasteiger partial charge < -0.3 is 5.32 Å². The van der Waals surface area contributed by atoms with E-state index in [1.165, 1.54) is 24.8 Å². The molecule has 3 atom stereocenters. The van der Waals surface area contributed by atoms with Crippen LogP contribution in [0.2, 0.25) is 0 Å². The van der Waals surface area contributed by atoms with E-state index in [4.69, 9.17) is 5.26 Å². The van der Waals surface area contributed by atoms with E-state index < -0.39 is 0 Å². The molecule has 1 aliphatic carbocycles. The highest BCUT2D eigenvalue weighted by Crippen LogP contribution is 2.33. The predicted molar refractivity (Wildman–Crippen MR) is 83.1 cm³/mol. The molecule has 0 amide bonds. The van der Waals surface area contributed by atoms with Crippen molar-refractivity contribution in [2.45, 2.75) is 52.6 Å². The molecule has 0 aliphatic heterocycles. The lowest BCUT2D eigenvalue weighted by molar-refractivity contribution is 0.169. The summed E-state index contributed by atoms with van der Waals surface area (Å²) in [5.74, 6) is 2.38. The Balaban J connectivity index is 1.94. The van der Waals surface area contributed by atoms with E-state index in [2.05, 4.69) is 44.3 Å². The molecule has 1 fully saturated rings. The Labute approximate surface area is 123 Å². The van der Waals surface area contributed by atoms with Gasteiger partial charge in [-0.1, -0.05) is 39.3 Å². The SMILES string of the molecule is CC1CCC(C(C)C)C(NCc2ccc(C#N)cc2)C1. The Morgan fingerprint density at radius 1 is 1.25 bits per heavy atom. The Morgan fingerprint density at radius 2 is 1.95 bits per heavy atom. The van der Waals surface area contributed by atoms with Gasteiger partial charge in [-0.2, -0.15) is 5.26 Å². The maximum atomic E-state index is 8.82. The molecule has 0 radical (unpaired) electrons. The highest BCUT2D eigenvalue weighted by atomic mass is 14.9. The van der Waals surface area contributed by atoms with Crippen molar-refractivity contribution in [1.82, 2.24) is 5.32 Å². The van der Waals surface area contributed by atoms with Gasteiger partial charge in [0.25, 0.3) is 0 Å². The zero-order chi connectivity index (χ0) is 14.5. The van der Waals surface area contributed by atoms with Gasteiger partial charge in [-0.15, -0.1) is 0 Å². The quantitative estimate of drug-likeness (QED) is 0.893. The third-order valence-corrected chi connectivity index (χ3v) is 4.67. The summed E-state index contributed by atoms with van der Waals surface area (Å²) in [5.41, 5.74) is 2.00. The van der Waals surface area contributed by atoms with Crippen LogP contribution in [-0.2, 0) is 6.54 Å². The number of nitrogens with one attached hydrogen (secondary N) is 1. The molecule has 1 aromatic carbocycles. The van der Waals surface area contributed by atoms with Gasteiger partial charge in [-0.05, 0) is 48.3 Å². The molecule has 1 N–H and O–H groups in total. The first kappa shape index (κ1) is 15.1. The summed E-state index contributed by atoms with van der Waals surface area (Å²) in [6.45, 7) is 7.97. The summed E-state index contributed by atoms with van der Waals surface area (Å²) in [4.78, 5) is 0. The Hall–Kier alpha value is -1.33. The Kier molecular flexibility index (Phi) is 5.20. The molecule has 108 valence electrons. The molecule has 1 aliphatic rings. The molecule has 2 rings (SSSR count). The van der Waals surface area contributed by atoms with Gasteiger partial charge in [0.05, 0.1) is 11.6 Å². The van der Waals surface area contributed by atoms with Crippen LogP contribution in [0, 0.1) is 29.1 Å². The third kappa shape index (κ3) is 3.84. The Bertz CT molecular complexity index is 455. The molecule has 1 saturated carbocycles. The molecule has 0 bridgehead atoms. The molecular formula is C18H26N2. The van der Waals surface area contributed by atoms with Crippen molar-refractivity contribution in [3.63, 3.8) is 0 Å². The van der Waals surface area contributed by atoms with Crippen LogP contribution in [0.1, 0.15) is 51.2 Å². The normalized spacial score (nSPS) is 26.4. The van der Waals surface area contributed by atoms with Crippen molar-refractivity contribution < 1.29 is 0 Å². The van der Waals surface area contributed by atoms with Crippen molar-refractivity contribution in [3.05, 3.63) is 35.4 Å². The zero-order valence-corrected chi connectivity index (χ0v) is 12.9. The van der Waals surface area contributed by atoms with E-state index in [9.17, 15) is 0 Å². The van der Waals surface area contributed by atoms with Crippen LogP contribution in [-0.4, -0.2) is 6.04 Å². The molecule has 0 heterocycles. The van der Waals surface area contributed by atoms with Crippen molar-refractivity contribution in [2.75, 3.05) is 0 Å². The number of nitriles is 1. The summed E-state index contributed by atoms with van der Waals surface area (Å²) in [6, 6.07) is 10.7. The summed E-state index contributed by atoms with van der Waals surface area (Å²) >= 11 is 0. The maximum Gasteiger partial charge on any atom is 0.0991 e. The molecular weight excluding hydrogens is 244 g/mol. The van der Waals surface area contributed by atoms with E-state index >= 15 is 0 Å². The summed E-state index contributed by atoms with van der Waals surface area (Å²) in [6.07, 6.45) is 4.01. The van der Waals surface area contributed by atoms with Gasteiger partial charge in [-0.3, -0.25) is 0 Å². The third-order valence-electron chi connectivity index (χ3n) is 4.67. The first-order valence-corrected chi connectivity index (χ1v) is 7.82. The van der Waals surface area contributed by atoms with Crippen LogP contribution in [0.5, 0.6) is 0 Å². The van der Waals surface area contributed by atoms with Crippen LogP contribution in [0.4, 0.5) is 0 Å². The summed E-state index contributed by atoms with van der Waals surface area (Å²) < 4.78 is 0. The highest BCUT2D eigenvalue weighted by molar-refractivity contribution is 5.31. The standard InChI is InChI=1S/C18H26N2/c1-13(2)17-9-4-14(3)10-18(17)20-12-16-7-5-15(11-19)6-8-16/h5-8,13-14,17-18,20H,4,9-10,12H2,1-3H3. The maximum absolute atomic E-state index is 8.82. The van der Waals surface area contributed by atoms with Gasteiger partial charge in [0.1, 0.15) is 0 Å². The second kappa shape index (κ2) is 6.90. The van der Waals surface area contributed by atoms with E-state index in [-0.39, 0.29) is 0 Å². The smallest absolute Gasteiger partial charge is 0.0991 e. The van der Waals surface area contributed by atoms with Crippen LogP contribution in [0.3, 0.4) is 0 Å². The fourth-order valence-corrected chi connectivity index (χ4v) is 3.38. The van der Waals surface area contributed by atoms with Crippen molar-refractivity contribution in [3.8, 4) is 6.07 Å². The predicted octanol–water partition coefficient (Wildman–Crippen LogP) is 4.11. The lowest BCUT2D eigenvalue weighted by Crippen LogP contribution is -2.42. The largest absolute Gasteiger partial charge is 0.310 e. The first-order chi connectivity index (χ1) is 9.60. The highest BCUT2D eigenvalue weighted by Gasteiger charge is 2.30. The fourth-order valence-electron chi connectivity index (χ4n) is 3.38. The van der Waals surface area contributed by atoms with Crippen LogP contribution in [0.25, 0.3) is 0 Å². The van der Waals surface area contributed by atoms with E-state index in [1.807, 2.05) is 12.1 Å². The molecule has 0 spiro atoms. The van der Waals surface area contributed by atoms with E-state index in [1.54, 1.807) is 0 Å². The number of hydrogen-bond donors (Lipinski definition) is 1. The lowest BCUT2D eigenvalue weighted by atomic mass is 9.74. The number of rotatable bonds is 4. The summed E-state index contributed by atoms with van der Waals surface area (Å²) in [7, 11) is 0. The molecule has 1 aromatic rings. The lowest BCUT2D eigenvalue weighted by Gasteiger charge is -2.38. The number of hydrogen-bond acceptors (Lipinski definition) is 2. The molecule has 2 heteroatoms.